The molecule has 1 saturated carbocycles. The summed E-state index contributed by atoms with van der Waals surface area (Å²) in [5, 5.41) is 12.0. The number of carboxylic acids is 1. The molecule has 5 nitrogen and oxygen atoms in total. The minimum Gasteiger partial charge on any atom is -0.478 e. The maximum Gasteiger partial charge on any atom is 0.331 e. The average Bonchev–Trinajstić information content (AvgIpc) is 3.06. The minimum atomic E-state index is -0.987. The topological polar surface area (TPSA) is 78.8 Å². The molecule has 1 fully saturated rings. The van der Waals surface area contributed by atoms with Crippen molar-refractivity contribution in [3.05, 3.63) is 11.1 Å². The molecule has 1 amide bonds. The molecule has 2 rings (SSSR count). The first-order chi connectivity index (χ1) is 7.86. The number of carbonyl (C=O) groups excluding carboxylic acids is 1. The summed E-state index contributed by atoms with van der Waals surface area (Å²) in [4.78, 5) is 26.7. The van der Waals surface area contributed by atoms with Crippen molar-refractivity contribution in [2.24, 2.45) is 10.9 Å². The number of carbonyl (C=O) groups is 2. The Hall–Kier alpha value is -1.65. The fourth-order valence-corrected chi connectivity index (χ4v) is 2.00. The van der Waals surface area contributed by atoms with Crippen molar-refractivity contribution in [2.45, 2.75) is 39.2 Å². The fourth-order valence-electron chi connectivity index (χ4n) is 2.00. The Morgan fingerprint density at radius 2 is 2.06 bits per heavy atom. The summed E-state index contributed by atoms with van der Waals surface area (Å²) in [6, 6.07) is 0. The molecule has 0 aromatic rings. The first kappa shape index (κ1) is 11.8. The van der Waals surface area contributed by atoms with E-state index in [1.807, 2.05) is 6.92 Å². The monoisotopic (exact) mass is 236 g/mol. The van der Waals surface area contributed by atoms with Gasteiger partial charge >= 0.3 is 5.97 Å². The van der Waals surface area contributed by atoms with Crippen LogP contribution in [0, 0.1) is 5.92 Å². The summed E-state index contributed by atoms with van der Waals surface area (Å²) >= 11 is 0. The van der Waals surface area contributed by atoms with E-state index in [-0.39, 0.29) is 11.5 Å². The molecule has 0 radical (unpaired) electrons. The highest BCUT2D eigenvalue weighted by molar-refractivity contribution is 6.15. The van der Waals surface area contributed by atoms with E-state index in [1.165, 1.54) is 6.92 Å². The van der Waals surface area contributed by atoms with E-state index >= 15 is 0 Å². The van der Waals surface area contributed by atoms with E-state index in [0.717, 1.165) is 12.8 Å². The van der Waals surface area contributed by atoms with Gasteiger partial charge in [-0.05, 0) is 39.5 Å². The zero-order valence-corrected chi connectivity index (χ0v) is 10.2. The molecule has 2 aliphatic rings. The average molecular weight is 236 g/mol. The molecule has 1 heterocycles. The Morgan fingerprint density at radius 1 is 1.47 bits per heavy atom. The van der Waals surface area contributed by atoms with Gasteiger partial charge in [-0.25, -0.2) is 4.79 Å². The van der Waals surface area contributed by atoms with Crippen molar-refractivity contribution < 1.29 is 14.7 Å². The standard InChI is InChI=1S/C12H16N2O3/c1-6(7(2)10(15)16)9-13-11(17)12(3,14-9)8-4-5-8/h8H,4-5H2,1-3H3,(H,15,16)(H,13,14,17)/b7-6-. The van der Waals surface area contributed by atoms with Gasteiger partial charge in [-0.2, -0.15) is 4.99 Å². The zero-order valence-electron chi connectivity index (χ0n) is 10.2. The van der Waals surface area contributed by atoms with Gasteiger partial charge in [-0.3, -0.25) is 4.79 Å². The molecule has 92 valence electrons. The van der Waals surface area contributed by atoms with Crippen LogP contribution in [0.5, 0.6) is 0 Å². The Bertz CT molecular complexity index is 460. The van der Waals surface area contributed by atoms with Crippen LogP contribution >= 0.6 is 0 Å². The van der Waals surface area contributed by atoms with Gasteiger partial charge in [0.1, 0.15) is 11.4 Å². The number of rotatable bonds is 3. The number of hydrogen-bond donors (Lipinski definition) is 2. The SMILES string of the molecule is C/C(C(=O)O)=C(\C)C1=NC(=O)C(C)(C2CC2)N1. The molecule has 0 aromatic carbocycles. The summed E-state index contributed by atoms with van der Waals surface area (Å²) in [5.74, 6) is -0.439. The van der Waals surface area contributed by atoms with Crippen molar-refractivity contribution in [3.63, 3.8) is 0 Å². The molecule has 0 spiro atoms. The largest absolute Gasteiger partial charge is 0.478 e. The molecule has 1 unspecified atom stereocenters. The van der Waals surface area contributed by atoms with Crippen molar-refractivity contribution >= 4 is 17.7 Å². The number of aliphatic imine (C=N–C) groups is 1. The minimum absolute atomic E-state index is 0.187. The number of nitrogens with one attached hydrogen (secondary N) is 1. The Balaban J connectivity index is 2.26. The van der Waals surface area contributed by atoms with E-state index < -0.39 is 11.5 Å². The van der Waals surface area contributed by atoms with Gasteiger partial charge in [-0.15, -0.1) is 0 Å². The van der Waals surface area contributed by atoms with Crippen LogP contribution in [0.2, 0.25) is 0 Å². The molecule has 0 saturated heterocycles. The van der Waals surface area contributed by atoms with Crippen LogP contribution in [0.4, 0.5) is 0 Å². The van der Waals surface area contributed by atoms with Crippen molar-refractivity contribution in [1.29, 1.82) is 0 Å². The highest BCUT2D eigenvalue weighted by atomic mass is 16.4. The lowest BCUT2D eigenvalue weighted by Gasteiger charge is -2.22. The summed E-state index contributed by atoms with van der Waals surface area (Å²) in [6.45, 7) is 5.02. The third-order valence-electron chi connectivity index (χ3n) is 3.67. The summed E-state index contributed by atoms with van der Waals surface area (Å²) in [6.07, 6.45) is 2.05. The molecule has 17 heavy (non-hydrogen) atoms. The van der Waals surface area contributed by atoms with Gasteiger partial charge in [0, 0.05) is 11.1 Å². The van der Waals surface area contributed by atoms with Gasteiger partial charge in [0.2, 0.25) is 0 Å². The molecule has 1 atom stereocenters. The van der Waals surface area contributed by atoms with Gasteiger partial charge < -0.3 is 10.4 Å². The zero-order chi connectivity index (χ0) is 12.8. The van der Waals surface area contributed by atoms with Crippen molar-refractivity contribution in [1.82, 2.24) is 5.32 Å². The molecule has 1 aliphatic heterocycles. The van der Waals surface area contributed by atoms with E-state index in [2.05, 4.69) is 10.3 Å². The number of hydrogen-bond acceptors (Lipinski definition) is 3. The second kappa shape index (κ2) is 3.68. The van der Waals surface area contributed by atoms with E-state index in [0.29, 0.717) is 17.3 Å². The quantitative estimate of drug-likeness (QED) is 0.719. The summed E-state index contributed by atoms with van der Waals surface area (Å²) in [5.41, 5.74) is 0.106. The molecular weight excluding hydrogens is 220 g/mol. The Kier molecular flexibility index (Phi) is 2.56. The van der Waals surface area contributed by atoms with Crippen LogP contribution in [0.1, 0.15) is 33.6 Å². The predicted octanol–water partition coefficient (Wildman–Crippen LogP) is 1.10. The van der Waals surface area contributed by atoms with Crippen LogP contribution in [0.25, 0.3) is 0 Å². The van der Waals surface area contributed by atoms with Crippen LogP contribution in [0.15, 0.2) is 16.1 Å². The molecule has 0 bridgehead atoms. The van der Waals surface area contributed by atoms with E-state index in [4.69, 9.17) is 5.11 Å². The number of carboxylic acid groups (broad SMARTS) is 1. The predicted molar refractivity (Wildman–Crippen MR) is 62.7 cm³/mol. The van der Waals surface area contributed by atoms with Crippen LogP contribution in [-0.4, -0.2) is 28.4 Å². The number of aliphatic carboxylic acids is 1. The number of amidine groups is 1. The fraction of sp³-hybridized carbons (Fsp3) is 0.583. The lowest BCUT2D eigenvalue weighted by atomic mass is 9.96. The number of nitrogens with zero attached hydrogens (tertiary/aromatic N) is 1. The van der Waals surface area contributed by atoms with Crippen LogP contribution < -0.4 is 5.32 Å². The molecule has 2 N–H and O–H groups in total. The molecule has 1 aliphatic carbocycles. The molecular formula is C12H16N2O3. The second-order valence-electron chi connectivity index (χ2n) is 4.92. The normalized spacial score (nSPS) is 29.6. The lowest BCUT2D eigenvalue weighted by molar-refractivity contribution is -0.132. The summed E-state index contributed by atoms with van der Waals surface area (Å²) in [7, 11) is 0. The van der Waals surface area contributed by atoms with Gasteiger partial charge in [0.15, 0.2) is 0 Å². The van der Waals surface area contributed by atoms with E-state index in [1.54, 1.807) is 6.92 Å². The van der Waals surface area contributed by atoms with Crippen molar-refractivity contribution in [3.8, 4) is 0 Å². The third-order valence-corrected chi connectivity index (χ3v) is 3.67. The molecule has 0 aromatic heterocycles. The Morgan fingerprint density at radius 3 is 2.53 bits per heavy atom. The van der Waals surface area contributed by atoms with Gasteiger partial charge in [-0.1, -0.05) is 0 Å². The maximum atomic E-state index is 11.9. The van der Waals surface area contributed by atoms with Crippen LogP contribution in [-0.2, 0) is 9.59 Å². The van der Waals surface area contributed by atoms with Gasteiger partial charge in [0.25, 0.3) is 5.91 Å². The smallest absolute Gasteiger partial charge is 0.331 e. The Labute approximate surface area is 99.6 Å². The summed E-state index contributed by atoms with van der Waals surface area (Å²) < 4.78 is 0. The first-order valence-electron chi connectivity index (χ1n) is 5.68. The molecule has 5 heteroatoms. The highest BCUT2D eigenvalue weighted by Crippen LogP contribution is 2.42. The van der Waals surface area contributed by atoms with Gasteiger partial charge in [0.05, 0.1) is 0 Å². The number of amides is 1. The lowest BCUT2D eigenvalue weighted by Crippen LogP contribution is -2.48. The van der Waals surface area contributed by atoms with E-state index in [9.17, 15) is 9.59 Å². The first-order valence-corrected chi connectivity index (χ1v) is 5.68. The highest BCUT2D eigenvalue weighted by Gasteiger charge is 2.51. The maximum absolute atomic E-state index is 11.9. The van der Waals surface area contributed by atoms with Crippen LogP contribution in [0.3, 0.4) is 0 Å². The second-order valence-corrected chi connectivity index (χ2v) is 4.92. The third kappa shape index (κ3) is 1.85. The van der Waals surface area contributed by atoms with Crippen molar-refractivity contribution in [2.75, 3.05) is 0 Å².